The molecule has 1 aromatic carbocycles. The number of aliphatic hydroxyl groups is 1. The van der Waals surface area contributed by atoms with Crippen molar-refractivity contribution in [2.75, 3.05) is 44.6 Å². The smallest absolute Gasteiger partial charge is 0.410 e. The maximum absolute atomic E-state index is 13.4. The number of rotatable bonds is 19. The van der Waals surface area contributed by atoms with Crippen molar-refractivity contribution in [3.63, 3.8) is 0 Å². The van der Waals surface area contributed by atoms with Crippen LogP contribution >= 0.6 is 0 Å². The predicted molar refractivity (Wildman–Crippen MR) is 180 cm³/mol. The minimum atomic E-state index is -1.22. The topological polar surface area (TPSA) is 225 Å². The molecule has 270 valence electrons. The molecule has 1 unspecified atom stereocenters. The number of hydrogen-bond donors (Lipinski definition) is 7. The molecule has 2 aliphatic rings. The Balaban J connectivity index is 1.51. The highest BCUT2D eigenvalue weighted by Gasteiger charge is 2.29. The van der Waals surface area contributed by atoms with Crippen LogP contribution in [-0.2, 0) is 35.3 Å². The molecule has 8 N–H and O–H groups in total. The maximum Gasteiger partial charge on any atom is 0.410 e. The summed E-state index contributed by atoms with van der Waals surface area (Å²) in [6.07, 6.45) is 3.30. The first kappa shape index (κ1) is 39.1. The quantitative estimate of drug-likeness (QED) is 0.0577. The monoisotopic (exact) mass is 686 g/mol. The largest absolute Gasteiger partial charge is 0.445 e. The zero-order valence-corrected chi connectivity index (χ0v) is 28.2. The summed E-state index contributed by atoms with van der Waals surface area (Å²) in [5.74, 6) is -2.28. The summed E-state index contributed by atoms with van der Waals surface area (Å²) >= 11 is 0. The van der Waals surface area contributed by atoms with Crippen LogP contribution in [0.2, 0.25) is 0 Å². The van der Waals surface area contributed by atoms with E-state index in [4.69, 9.17) is 10.5 Å². The molecule has 1 aromatic rings. The van der Waals surface area contributed by atoms with E-state index in [2.05, 4.69) is 26.6 Å². The lowest BCUT2D eigenvalue weighted by molar-refractivity contribution is -0.137. The van der Waals surface area contributed by atoms with Gasteiger partial charge < -0.3 is 36.0 Å². The molecule has 2 aliphatic heterocycles. The average Bonchev–Trinajstić information content (AvgIpc) is 3.40. The number of nitrogens with one attached hydrogen (secondary N) is 5. The van der Waals surface area contributed by atoms with E-state index in [0.717, 1.165) is 23.6 Å². The Kier molecular flexibility index (Phi) is 16.1. The Hall–Kier alpha value is -4.38. The van der Waals surface area contributed by atoms with Crippen LogP contribution in [0.5, 0.6) is 0 Å². The molecule has 16 heteroatoms. The molecule has 1 saturated heterocycles. The molecular formula is C33H50N8O8. The standard InChI is InChI=1S/C33H50N8O8/c1-22(2)29(39-26(42)8-4-3-5-18-41-27(43)13-14-28(41)44)31(46)38-25(7-6-15-36-32(34)47)30(45)37-24-11-9-23(10-12-24)21-49-33(48)40-19-16-35-17-20-40/h9-14,22,25,29,32,35-36,47H,3-8,15-21,34H2,1-2H3,(H,37,45)(H,38,46)(H,39,42)/t25-,29-,32?/m0/s1. The molecular weight excluding hydrogens is 636 g/mol. The number of benzene rings is 1. The van der Waals surface area contributed by atoms with Crippen molar-refractivity contribution < 1.29 is 38.6 Å². The van der Waals surface area contributed by atoms with Crippen molar-refractivity contribution >= 4 is 41.3 Å². The predicted octanol–water partition coefficient (Wildman–Crippen LogP) is -0.118. The van der Waals surface area contributed by atoms with Crippen LogP contribution in [-0.4, -0.2) is 108 Å². The number of carbonyl (C=O) groups is 6. The second-order valence-electron chi connectivity index (χ2n) is 12.3. The van der Waals surface area contributed by atoms with Gasteiger partial charge in [-0.15, -0.1) is 0 Å². The van der Waals surface area contributed by atoms with E-state index in [1.807, 2.05) is 0 Å². The van der Waals surface area contributed by atoms with Crippen molar-refractivity contribution in [1.82, 2.24) is 31.1 Å². The molecule has 6 amide bonds. The first-order chi connectivity index (χ1) is 23.4. The zero-order chi connectivity index (χ0) is 35.8. The van der Waals surface area contributed by atoms with Gasteiger partial charge in [-0.3, -0.25) is 39.9 Å². The number of ether oxygens (including phenoxy) is 1. The summed E-state index contributed by atoms with van der Waals surface area (Å²) in [5.41, 5.74) is 6.55. The highest BCUT2D eigenvalue weighted by molar-refractivity contribution is 6.12. The number of aliphatic hydroxyl groups excluding tert-OH is 1. The van der Waals surface area contributed by atoms with Gasteiger partial charge in [0, 0.05) is 57.0 Å². The van der Waals surface area contributed by atoms with Crippen molar-refractivity contribution in [2.24, 2.45) is 11.7 Å². The van der Waals surface area contributed by atoms with E-state index < -0.39 is 30.2 Å². The van der Waals surface area contributed by atoms with E-state index >= 15 is 0 Å². The number of hydrogen-bond acceptors (Lipinski definition) is 11. The minimum absolute atomic E-state index is 0.0797. The second-order valence-corrected chi connectivity index (χ2v) is 12.3. The van der Waals surface area contributed by atoms with Crippen LogP contribution in [0.1, 0.15) is 57.9 Å². The van der Waals surface area contributed by atoms with E-state index in [0.29, 0.717) is 51.0 Å². The summed E-state index contributed by atoms with van der Waals surface area (Å²) in [5, 5.41) is 23.5. The summed E-state index contributed by atoms with van der Waals surface area (Å²) in [6, 6.07) is 4.94. The van der Waals surface area contributed by atoms with Crippen LogP contribution in [0.25, 0.3) is 0 Å². The van der Waals surface area contributed by atoms with E-state index in [1.54, 1.807) is 43.0 Å². The second kappa shape index (κ2) is 20.2. The highest BCUT2D eigenvalue weighted by Crippen LogP contribution is 2.14. The third-order valence-corrected chi connectivity index (χ3v) is 8.07. The Bertz CT molecular complexity index is 1300. The number of imide groups is 1. The number of anilines is 1. The van der Waals surface area contributed by atoms with Gasteiger partial charge in [0.1, 0.15) is 18.7 Å². The van der Waals surface area contributed by atoms with E-state index in [9.17, 15) is 33.9 Å². The lowest BCUT2D eigenvalue weighted by Crippen LogP contribution is -2.54. The third kappa shape index (κ3) is 13.6. The summed E-state index contributed by atoms with van der Waals surface area (Å²) in [6.45, 7) is 6.83. The highest BCUT2D eigenvalue weighted by atomic mass is 16.6. The van der Waals surface area contributed by atoms with Crippen molar-refractivity contribution in [3.8, 4) is 0 Å². The molecule has 0 aromatic heterocycles. The number of unbranched alkanes of at least 4 members (excludes halogenated alkanes) is 2. The van der Waals surface area contributed by atoms with Gasteiger partial charge in [0.15, 0.2) is 6.35 Å². The first-order valence-corrected chi connectivity index (χ1v) is 16.8. The van der Waals surface area contributed by atoms with Crippen LogP contribution in [0.3, 0.4) is 0 Å². The molecule has 3 rings (SSSR count). The molecule has 16 nitrogen and oxygen atoms in total. The average molecular weight is 687 g/mol. The molecule has 1 fully saturated rings. The van der Waals surface area contributed by atoms with Gasteiger partial charge in [0.25, 0.3) is 11.8 Å². The first-order valence-electron chi connectivity index (χ1n) is 16.8. The van der Waals surface area contributed by atoms with E-state index in [1.165, 1.54) is 12.2 Å². The summed E-state index contributed by atoms with van der Waals surface area (Å²) in [4.78, 5) is 77.9. The van der Waals surface area contributed by atoms with Crippen LogP contribution in [0.4, 0.5) is 10.5 Å². The molecule has 0 aliphatic carbocycles. The van der Waals surface area contributed by atoms with Crippen LogP contribution < -0.4 is 32.3 Å². The van der Waals surface area contributed by atoms with Crippen molar-refractivity contribution in [2.45, 2.75) is 77.4 Å². The van der Waals surface area contributed by atoms with Crippen molar-refractivity contribution in [3.05, 3.63) is 42.0 Å². The Labute approximate surface area is 286 Å². The lowest BCUT2D eigenvalue weighted by Gasteiger charge is -2.26. The van der Waals surface area contributed by atoms with Crippen LogP contribution in [0.15, 0.2) is 36.4 Å². The minimum Gasteiger partial charge on any atom is -0.445 e. The number of carbonyl (C=O) groups excluding carboxylic acids is 6. The van der Waals surface area contributed by atoms with Gasteiger partial charge >= 0.3 is 6.09 Å². The zero-order valence-electron chi connectivity index (χ0n) is 28.2. The molecule has 0 bridgehead atoms. The fourth-order valence-electron chi connectivity index (χ4n) is 5.25. The molecule has 2 heterocycles. The van der Waals surface area contributed by atoms with Crippen LogP contribution in [0, 0.1) is 5.92 Å². The van der Waals surface area contributed by atoms with Gasteiger partial charge in [0.05, 0.1) is 0 Å². The van der Waals surface area contributed by atoms with Crippen molar-refractivity contribution in [1.29, 1.82) is 0 Å². The SMILES string of the molecule is CC(C)[C@H](NC(=O)CCCCCN1C(=O)C=CC1=O)C(=O)N[C@@H](CCCNC(N)O)C(=O)Nc1ccc(COC(=O)N2CCNCC2)cc1. The van der Waals surface area contributed by atoms with E-state index in [-0.39, 0.29) is 55.7 Å². The summed E-state index contributed by atoms with van der Waals surface area (Å²) < 4.78 is 5.41. The lowest BCUT2D eigenvalue weighted by atomic mass is 10.0. The normalized spacial score (nSPS) is 16.3. The fraction of sp³-hybridized carbons (Fsp3) is 0.576. The number of amides is 6. The number of piperazine rings is 1. The molecule has 0 spiro atoms. The fourth-order valence-corrected chi connectivity index (χ4v) is 5.25. The maximum atomic E-state index is 13.4. The van der Waals surface area contributed by atoms with Gasteiger partial charge in [-0.1, -0.05) is 32.4 Å². The molecule has 3 atom stereocenters. The van der Waals surface area contributed by atoms with Gasteiger partial charge in [0.2, 0.25) is 17.7 Å². The van der Waals surface area contributed by atoms with Gasteiger partial charge in [-0.05, 0) is 55.8 Å². The molecule has 0 saturated carbocycles. The molecule has 0 radical (unpaired) electrons. The van der Waals surface area contributed by atoms with Gasteiger partial charge in [-0.25, -0.2) is 4.79 Å². The number of nitrogens with zero attached hydrogens (tertiary/aromatic N) is 2. The molecule has 49 heavy (non-hydrogen) atoms. The Morgan fingerprint density at radius 1 is 0.939 bits per heavy atom. The third-order valence-electron chi connectivity index (χ3n) is 8.07. The Morgan fingerprint density at radius 3 is 2.24 bits per heavy atom. The van der Waals surface area contributed by atoms with Gasteiger partial charge in [-0.2, -0.15) is 0 Å². The number of nitrogens with two attached hydrogens (primary N) is 1. The Morgan fingerprint density at radius 2 is 1.61 bits per heavy atom. The summed E-state index contributed by atoms with van der Waals surface area (Å²) in [7, 11) is 0.